The lowest BCUT2D eigenvalue weighted by Crippen LogP contribution is -2.48. The molecule has 0 saturated heterocycles. The number of aryl methyl sites for hydroxylation is 1. The summed E-state index contributed by atoms with van der Waals surface area (Å²) in [5.74, 6) is 0.390. The van der Waals surface area contributed by atoms with E-state index in [1.165, 1.54) is 11.3 Å². The number of hydrogen-bond acceptors (Lipinski definition) is 6. The van der Waals surface area contributed by atoms with Gasteiger partial charge in [-0.25, -0.2) is 4.68 Å². The summed E-state index contributed by atoms with van der Waals surface area (Å²) in [5, 5.41) is 8.46. The highest BCUT2D eigenvalue weighted by Gasteiger charge is 2.38. The minimum atomic E-state index is -2.78. The lowest BCUT2D eigenvalue weighted by atomic mass is 9.88. The minimum absolute atomic E-state index is 0.00826. The number of carbonyl (C=O) groups excluding carboxylic acids is 1. The number of aromatic nitrogens is 3. The molecule has 6 rings (SSSR count). The highest BCUT2D eigenvalue weighted by atomic mass is 32.1. The first-order valence-electron chi connectivity index (χ1n) is 14.5. The summed E-state index contributed by atoms with van der Waals surface area (Å²) in [4.78, 5) is 14.9. The summed E-state index contributed by atoms with van der Waals surface area (Å²) < 4.78 is 66.9. The summed E-state index contributed by atoms with van der Waals surface area (Å²) >= 11 is 1.47. The van der Waals surface area contributed by atoms with Gasteiger partial charge in [0.1, 0.15) is 18.1 Å². The van der Waals surface area contributed by atoms with E-state index in [2.05, 4.69) is 5.10 Å². The molecule has 4 aromatic rings. The first-order valence-corrected chi connectivity index (χ1v) is 12.4. The molecule has 1 fully saturated rings. The van der Waals surface area contributed by atoms with E-state index in [1.807, 2.05) is 53.0 Å². The van der Waals surface area contributed by atoms with Gasteiger partial charge < -0.3 is 23.7 Å². The smallest absolute Gasteiger partial charge is 0.274 e. The van der Waals surface area contributed by atoms with Crippen LogP contribution in [0.15, 0.2) is 47.4 Å². The number of thiophene rings is 1. The quantitative estimate of drug-likeness (QED) is 0.374. The Bertz CT molecular complexity index is 1640. The topological polar surface area (TPSA) is 70.8 Å². The number of amides is 1. The monoisotopic (exact) mass is 510 g/mol. The Labute approximate surface area is 222 Å². The summed E-state index contributed by atoms with van der Waals surface area (Å²) in [6.45, 7) is -2.79. The molecule has 2 aliphatic rings. The standard InChI is InChI=1S/C27H28N4O4S/c1-29-7-5-16(13-29)20-11-21-24(12-23(20)34-4)35-14-22-25(27(32)30(2)18-9-19(10-18)33-3)28-31(26(21)22)17-6-8-36-15-17/h5-8,11-13,15,18-19H,9-10,14H2,1-4H3/i2D3,3D3. The van der Waals surface area contributed by atoms with Gasteiger partial charge in [-0.2, -0.15) is 16.4 Å². The molecule has 0 atom stereocenters. The molecule has 1 aliphatic carbocycles. The number of benzene rings is 1. The van der Waals surface area contributed by atoms with Crippen LogP contribution in [0.4, 0.5) is 0 Å². The van der Waals surface area contributed by atoms with Crippen LogP contribution < -0.4 is 9.47 Å². The number of hydrogen-bond donors (Lipinski definition) is 0. The molecular formula is C27H28N4O4S. The van der Waals surface area contributed by atoms with Crippen molar-refractivity contribution in [1.29, 1.82) is 0 Å². The zero-order valence-corrected chi connectivity index (χ0v) is 20.5. The third kappa shape index (κ3) is 3.61. The molecular weight excluding hydrogens is 476 g/mol. The van der Waals surface area contributed by atoms with E-state index in [1.54, 1.807) is 17.9 Å². The molecule has 0 bridgehead atoms. The number of nitrogens with zero attached hydrogens (tertiary/aromatic N) is 4. The van der Waals surface area contributed by atoms with Gasteiger partial charge in [0.2, 0.25) is 0 Å². The molecule has 1 amide bonds. The molecule has 1 saturated carbocycles. The molecule has 36 heavy (non-hydrogen) atoms. The summed E-state index contributed by atoms with van der Waals surface area (Å²) in [5.41, 5.74) is 4.20. The van der Waals surface area contributed by atoms with Gasteiger partial charge in [-0.1, -0.05) is 0 Å². The Morgan fingerprint density at radius 2 is 2.19 bits per heavy atom. The van der Waals surface area contributed by atoms with Crippen molar-refractivity contribution in [3.63, 3.8) is 0 Å². The highest BCUT2D eigenvalue weighted by molar-refractivity contribution is 7.08. The summed E-state index contributed by atoms with van der Waals surface area (Å²) in [6, 6.07) is 6.85. The predicted molar refractivity (Wildman–Crippen MR) is 138 cm³/mol. The fourth-order valence-corrected chi connectivity index (χ4v) is 5.41. The summed E-state index contributed by atoms with van der Waals surface area (Å²) in [7, 11) is 0.913. The average Bonchev–Trinajstić information content (AvgIpc) is 3.64. The zero-order valence-electron chi connectivity index (χ0n) is 25.7. The number of rotatable bonds is 6. The lowest BCUT2D eigenvalue weighted by Gasteiger charge is -2.40. The van der Waals surface area contributed by atoms with Crippen molar-refractivity contribution in [3.05, 3.63) is 58.7 Å². The Morgan fingerprint density at radius 3 is 2.89 bits per heavy atom. The molecule has 0 radical (unpaired) electrons. The van der Waals surface area contributed by atoms with Gasteiger partial charge in [-0.3, -0.25) is 4.79 Å². The number of carbonyl (C=O) groups is 1. The Hall–Kier alpha value is -3.56. The van der Waals surface area contributed by atoms with Crippen LogP contribution in [0.25, 0.3) is 28.1 Å². The van der Waals surface area contributed by atoms with Crippen LogP contribution in [0.5, 0.6) is 11.5 Å². The maximum atomic E-state index is 14.0. The normalized spacial score (nSPS) is 21.3. The maximum absolute atomic E-state index is 14.0. The molecule has 3 aromatic heterocycles. The van der Waals surface area contributed by atoms with Crippen LogP contribution in [-0.2, 0) is 18.4 Å². The third-order valence-corrected chi connectivity index (χ3v) is 7.50. The number of ether oxygens (including phenoxy) is 3. The second-order valence-corrected chi connectivity index (χ2v) is 9.79. The molecule has 0 spiro atoms. The van der Waals surface area contributed by atoms with E-state index in [0.29, 0.717) is 28.3 Å². The zero-order chi connectivity index (χ0) is 30.0. The molecule has 0 N–H and O–H groups in total. The largest absolute Gasteiger partial charge is 0.496 e. The molecule has 1 aliphatic heterocycles. The molecule has 0 unspecified atom stereocenters. The number of fused-ring (bicyclic) bond motifs is 3. The van der Waals surface area contributed by atoms with E-state index in [4.69, 9.17) is 22.4 Å². The van der Waals surface area contributed by atoms with Gasteiger partial charge in [0, 0.05) is 77.3 Å². The van der Waals surface area contributed by atoms with E-state index in [-0.39, 0.29) is 25.1 Å². The van der Waals surface area contributed by atoms with Crippen molar-refractivity contribution in [2.75, 3.05) is 21.1 Å². The second kappa shape index (κ2) is 8.83. The van der Waals surface area contributed by atoms with Crippen LogP contribution in [0, 0.1) is 0 Å². The van der Waals surface area contributed by atoms with Crippen molar-refractivity contribution < 1.29 is 27.2 Å². The Morgan fingerprint density at radius 1 is 1.31 bits per heavy atom. The Balaban J connectivity index is 1.45. The molecule has 186 valence electrons. The molecule has 9 heteroatoms. The number of methoxy groups -OCH3 is 2. The SMILES string of the molecule is [2H]C([2H])([2H])OC1CC(N(C(=O)c2nn(-c3ccsc3)c3c2COc2cc(OC)c(-c4ccn(C)c4)cc2-3)C([2H])([2H])[2H])C1. The van der Waals surface area contributed by atoms with Gasteiger partial charge in [0.25, 0.3) is 5.91 Å². The highest BCUT2D eigenvalue weighted by Crippen LogP contribution is 2.46. The van der Waals surface area contributed by atoms with E-state index >= 15 is 0 Å². The first kappa shape index (κ1) is 17.0. The average molecular weight is 511 g/mol. The van der Waals surface area contributed by atoms with Gasteiger partial charge in [-0.05, 0) is 36.4 Å². The summed E-state index contributed by atoms with van der Waals surface area (Å²) in [6.07, 6.45) is 3.42. The van der Waals surface area contributed by atoms with Gasteiger partial charge in [-0.15, -0.1) is 0 Å². The van der Waals surface area contributed by atoms with Crippen LogP contribution in [0.1, 0.15) is 37.1 Å². The van der Waals surface area contributed by atoms with Crippen LogP contribution in [0.2, 0.25) is 0 Å². The fourth-order valence-electron chi connectivity index (χ4n) is 4.80. The van der Waals surface area contributed by atoms with Gasteiger partial charge in [0.05, 0.1) is 28.7 Å². The van der Waals surface area contributed by atoms with E-state index < -0.39 is 32.1 Å². The first-order chi connectivity index (χ1) is 19.8. The van der Waals surface area contributed by atoms with Crippen molar-refractivity contribution in [3.8, 4) is 39.6 Å². The fraction of sp³-hybridized carbons (Fsp3) is 0.333. The van der Waals surface area contributed by atoms with Crippen LogP contribution >= 0.6 is 11.3 Å². The lowest BCUT2D eigenvalue weighted by molar-refractivity contribution is -0.0147. The molecule has 4 heterocycles. The molecule has 1 aromatic carbocycles. The van der Waals surface area contributed by atoms with Crippen LogP contribution in [0.3, 0.4) is 0 Å². The predicted octanol–water partition coefficient (Wildman–Crippen LogP) is 4.76. The van der Waals surface area contributed by atoms with Gasteiger partial charge >= 0.3 is 0 Å². The minimum Gasteiger partial charge on any atom is -0.496 e. The van der Waals surface area contributed by atoms with Crippen molar-refractivity contribution >= 4 is 17.2 Å². The molecule has 8 nitrogen and oxygen atoms in total. The van der Waals surface area contributed by atoms with E-state index in [0.717, 1.165) is 21.7 Å². The van der Waals surface area contributed by atoms with Crippen molar-refractivity contribution in [2.45, 2.75) is 31.6 Å². The Kier molecular flexibility index (Phi) is 4.17. The van der Waals surface area contributed by atoms with Crippen LogP contribution in [-0.4, -0.2) is 58.4 Å². The third-order valence-electron chi connectivity index (χ3n) is 6.83. The second-order valence-electron chi connectivity index (χ2n) is 9.01. The van der Waals surface area contributed by atoms with Crippen molar-refractivity contribution in [2.24, 2.45) is 7.05 Å². The van der Waals surface area contributed by atoms with E-state index in [9.17, 15) is 4.79 Å². The van der Waals surface area contributed by atoms with Gasteiger partial charge in [0.15, 0.2) is 5.69 Å². The van der Waals surface area contributed by atoms with Crippen molar-refractivity contribution in [1.82, 2.24) is 19.2 Å². The maximum Gasteiger partial charge on any atom is 0.274 e.